The van der Waals surface area contributed by atoms with Crippen molar-refractivity contribution >= 4 is 17.5 Å². The third kappa shape index (κ3) is 8.06. The Hall–Kier alpha value is -0.280. The molecule has 13 heavy (non-hydrogen) atoms. The molecule has 0 saturated carbocycles. The summed E-state index contributed by atoms with van der Waals surface area (Å²) in [7, 11) is 0. The zero-order valence-corrected chi connectivity index (χ0v) is 9.06. The summed E-state index contributed by atoms with van der Waals surface area (Å²) in [4.78, 5) is 11.1. The summed E-state index contributed by atoms with van der Waals surface area (Å²) < 4.78 is 5.08. The molecule has 4 heteroatoms. The van der Waals surface area contributed by atoms with Crippen LogP contribution in [-0.4, -0.2) is 31.0 Å². The Morgan fingerprint density at radius 3 is 2.85 bits per heavy atom. The average molecular weight is 208 g/mol. The summed E-state index contributed by atoms with van der Waals surface area (Å²) in [5.41, 5.74) is 0. The van der Waals surface area contributed by atoms with Crippen LogP contribution in [0.1, 0.15) is 26.7 Å². The average Bonchev–Trinajstić information content (AvgIpc) is 2.05. The molecule has 0 aliphatic carbocycles. The number of nitrogens with one attached hydrogen (secondary N) is 1. The van der Waals surface area contributed by atoms with E-state index in [9.17, 15) is 4.79 Å². The van der Waals surface area contributed by atoms with Gasteiger partial charge >= 0.3 is 0 Å². The predicted molar refractivity (Wildman–Crippen MR) is 54.1 cm³/mol. The maximum absolute atomic E-state index is 11.1. The van der Waals surface area contributed by atoms with Crippen LogP contribution in [0.2, 0.25) is 0 Å². The minimum absolute atomic E-state index is 0.0638. The first-order valence-electron chi connectivity index (χ1n) is 4.63. The molecule has 1 atom stereocenters. The molecular formula is C9H18ClNO2. The zero-order chi connectivity index (χ0) is 10.1. The summed E-state index contributed by atoms with van der Waals surface area (Å²) in [6.45, 7) is 4.73. The fourth-order valence-electron chi connectivity index (χ4n) is 0.862. The second kappa shape index (κ2) is 8.32. The minimum Gasteiger partial charge on any atom is -0.372 e. The van der Waals surface area contributed by atoms with Crippen LogP contribution in [0.25, 0.3) is 0 Å². The number of hydrogen-bond acceptors (Lipinski definition) is 2. The summed E-state index contributed by atoms with van der Waals surface area (Å²) in [6.07, 6.45) is 1.73. The van der Waals surface area contributed by atoms with Crippen molar-refractivity contribution in [2.24, 2.45) is 0 Å². The smallest absolute Gasteiger partial charge is 0.246 e. The van der Waals surface area contributed by atoms with Crippen LogP contribution >= 0.6 is 11.6 Å². The van der Waals surface area contributed by atoms with Gasteiger partial charge in [-0.2, -0.15) is 0 Å². The number of halogens is 1. The Kier molecular flexibility index (Phi) is 8.14. The Labute approximate surface area is 84.8 Å². The molecule has 3 nitrogen and oxygen atoms in total. The number of rotatable bonds is 7. The summed E-state index contributed by atoms with van der Waals surface area (Å²) >= 11 is 5.52. The molecule has 1 amide bonds. The van der Waals surface area contributed by atoms with Gasteiger partial charge < -0.3 is 10.1 Å². The highest BCUT2D eigenvalue weighted by molar-refractivity contribution is 6.17. The van der Waals surface area contributed by atoms with Gasteiger partial charge in [-0.1, -0.05) is 6.92 Å². The van der Waals surface area contributed by atoms with Crippen molar-refractivity contribution in [3.8, 4) is 0 Å². The third-order valence-corrected chi connectivity index (χ3v) is 1.75. The lowest BCUT2D eigenvalue weighted by Gasteiger charge is -2.11. The Balaban J connectivity index is 3.38. The van der Waals surface area contributed by atoms with Crippen molar-refractivity contribution in [2.75, 3.05) is 19.1 Å². The molecule has 0 rings (SSSR count). The Bertz CT molecular complexity index is 142. The van der Waals surface area contributed by atoms with Gasteiger partial charge in [-0.05, 0) is 19.8 Å². The largest absolute Gasteiger partial charge is 0.372 e. The molecule has 0 radical (unpaired) electrons. The van der Waals surface area contributed by atoms with Gasteiger partial charge in [-0.25, -0.2) is 0 Å². The molecule has 0 aromatic heterocycles. The van der Waals surface area contributed by atoms with E-state index in [-0.39, 0.29) is 18.6 Å². The fraction of sp³-hybridized carbons (Fsp3) is 0.889. The SMILES string of the molecule is CCCOCC(=O)NC(C)CCCl. The number of amides is 1. The quantitative estimate of drug-likeness (QED) is 0.508. The van der Waals surface area contributed by atoms with Gasteiger partial charge in [0.25, 0.3) is 0 Å². The molecule has 0 aliphatic heterocycles. The van der Waals surface area contributed by atoms with E-state index in [0.29, 0.717) is 12.5 Å². The molecule has 1 N–H and O–H groups in total. The second-order valence-electron chi connectivity index (χ2n) is 3.00. The molecular weight excluding hydrogens is 190 g/mol. The third-order valence-electron chi connectivity index (χ3n) is 1.53. The van der Waals surface area contributed by atoms with Crippen molar-refractivity contribution < 1.29 is 9.53 Å². The number of alkyl halides is 1. The maximum Gasteiger partial charge on any atom is 0.246 e. The monoisotopic (exact) mass is 207 g/mol. The van der Waals surface area contributed by atoms with Gasteiger partial charge in [0.15, 0.2) is 0 Å². The van der Waals surface area contributed by atoms with Crippen LogP contribution in [0.15, 0.2) is 0 Å². The van der Waals surface area contributed by atoms with E-state index in [1.165, 1.54) is 0 Å². The molecule has 0 aliphatic rings. The second-order valence-corrected chi connectivity index (χ2v) is 3.38. The molecule has 0 aromatic rings. The summed E-state index contributed by atoms with van der Waals surface area (Å²) in [5.74, 6) is 0.503. The number of carbonyl (C=O) groups is 1. The molecule has 0 saturated heterocycles. The van der Waals surface area contributed by atoms with Crippen molar-refractivity contribution in [3.05, 3.63) is 0 Å². The van der Waals surface area contributed by atoms with Crippen molar-refractivity contribution in [1.82, 2.24) is 5.32 Å². The Morgan fingerprint density at radius 2 is 2.31 bits per heavy atom. The first-order valence-corrected chi connectivity index (χ1v) is 5.17. The number of hydrogen-bond donors (Lipinski definition) is 1. The Morgan fingerprint density at radius 1 is 1.62 bits per heavy atom. The van der Waals surface area contributed by atoms with Crippen LogP contribution in [0.5, 0.6) is 0 Å². The van der Waals surface area contributed by atoms with Gasteiger partial charge in [0.05, 0.1) is 0 Å². The lowest BCUT2D eigenvalue weighted by Crippen LogP contribution is -2.35. The van der Waals surface area contributed by atoms with Crippen molar-refractivity contribution in [1.29, 1.82) is 0 Å². The van der Waals surface area contributed by atoms with Gasteiger partial charge in [-0.15, -0.1) is 11.6 Å². The van der Waals surface area contributed by atoms with E-state index in [0.717, 1.165) is 12.8 Å². The molecule has 0 aromatic carbocycles. The van der Waals surface area contributed by atoms with Gasteiger partial charge in [0, 0.05) is 18.5 Å². The molecule has 78 valence electrons. The zero-order valence-electron chi connectivity index (χ0n) is 8.31. The van der Waals surface area contributed by atoms with E-state index in [1.54, 1.807) is 0 Å². The first-order chi connectivity index (χ1) is 6.20. The first kappa shape index (κ1) is 12.7. The topological polar surface area (TPSA) is 38.3 Å². The highest BCUT2D eigenvalue weighted by atomic mass is 35.5. The normalized spacial score (nSPS) is 12.5. The lowest BCUT2D eigenvalue weighted by molar-refractivity contribution is -0.126. The van der Waals surface area contributed by atoms with Crippen molar-refractivity contribution in [2.45, 2.75) is 32.7 Å². The fourth-order valence-corrected chi connectivity index (χ4v) is 1.19. The van der Waals surface area contributed by atoms with E-state index >= 15 is 0 Å². The standard InChI is InChI=1S/C9H18ClNO2/c1-3-6-13-7-9(12)11-8(2)4-5-10/h8H,3-7H2,1-2H3,(H,11,12). The number of ether oxygens (including phenoxy) is 1. The molecule has 0 heterocycles. The van der Waals surface area contributed by atoms with Gasteiger partial charge in [0.1, 0.15) is 6.61 Å². The van der Waals surface area contributed by atoms with E-state index in [4.69, 9.17) is 16.3 Å². The van der Waals surface area contributed by atoms with E-state index in [1.807, 2.05) is 13.8 Å². The highest BCUT2D eigenvalue weighted by Gasteiger charge is 2.05. The minimum atomic E-state index is -0.0638. The van der Waals surface area contributed by atoms with Crippen LogP contribution in [0, 0.1) is 0 Å². The van der Waals surface area contributed by atoms with Gasteiger partial charge in [0.2, 0.25) is 5.91 Å². The molecule has 0 bridgehead atoms. The molecule has 1 unspecified atom stereocenters. The summed E-state index contributed by atoms with van der Waals surface area (Å²) in [6, 6.07) is 0.134. The van der Waals surface area contributed by atoms with Crippen molar-refractivity contribution in [3.63, 3.8) is 0 Å². The van der Waals surface area contributed by atoms with Gasteiger partial charge in [-0.3, -0.25) is 4.79 Å². The van der Waals surface area contributed by atoms with E-state index < -0.39 is 0 Å². The van der Waals surface area contributed by atoms with Crippen LogP contribution in [-0.2, 0) is 9.53 Å². The number of carbonyl (C=O) groups excluding carboxylic acids is 1. The highest BCUT2D eigenvalue weighted by Crippen LogP contribution is 1.92. The predicted octanol–water partition coefficient (Wildman–Crippen LogP) is 1.55. The lowest BCUT2D eigenvalue weighted by atomic mass is 10.2. The molecule has 0 fully saturated rings. The van der Waals surface area contributed by atoms with Crippen LogP contribution < -0.4 is 5.32 Å². The molecule has 0 spiro atoms. The van der Waals surface area contributed by atoms with E-state index in [2.05, 4.69) is 5.32 Å². The van der Waals surface area contributed by atoms with Crippen LogP contribution in [0.4, 0.5) is 0 Å². The van der Waals surface area contributed by atoms with Crippen LogP contribution in [0.3, 0.4) is 0 Å². The summed E-state index contributed by atoms with van der Waals surface area (Å²) in [5, 5.41) is 2.79. The maximum atomic E-state index is 11.1.